The van der Waals surface area contributed by atoms with E-state index in [1.54, 1.807) is 0 Å². The van der Waals surface area contributed by atoms with E-state index < -0.39 is 0 Å². The van der Waals surface area contributed by atoms with Crippen LogP contribution < -0.4 is 10.6 Å². The molecule has 0 saturated carbocycles. The number of nitrogens with zero attached hydrogens (tertiary/aromatic N) is 2. The first-order chi connectivity index (χ1) is 9.93. The van der Waals surface area contributed by atoms with E-state index in [9.17, 15) is 0 Å². The molecule has 0 saturated heterocycles. The Balaban J connectivity index is 2.75. The van der Waals surface area contributed by atoms with Crippen LogP contribution in [0, 0.1) is 11.8 Å². The summed E-state index contributed by atoms with van der Waals surface area (Å²) in [5.41, 5.74) is 8.26. The highest BCUT2D eigenvalue weighted by Crippen LogP contribution is 2.19. The number of nitrogens with two attached hydrogens (primary N) is 1. The van der Waals surface area contributed by atoms with Crippen molar-refractivity contribution < 1.29 is 0 Å². The standard InChI is InChI=1S/C18H33N3/c1-6-17(19)18-8-7-16(13-20-18)21(11-9-14(2)3)12-10-15(4)5/h7-8,13-15,17H,6,9-12,19H2,1-5H3/t17-/m1/s1. The Morgan fingerprint density at radius 2 is 1.62 bits per heavy atom. The molecule has 0 amide bonds. The summed E-state index contributed by atoms with van der Waals surface area (Å²) >= 11 is 0. The molecule has 0 fully saturated rings. The molecule has 0 bridgehead atoms. The predicted octanol–water partition coefficient (Wildman–Crippen LogP) is 4.39. The van der Waals surface area contributed by atoms with Gasteiger partial charge in [0.1, 0.15) is 0 Å². The smallest absolute Gasteiger partial charge is 0.0572 e. The van der Waals surface area contributed by atoms with Gasteiger partial charge in [0.05, 0.1) is 17.6 Å². The zero-order valence-corrected chi connectivity index (χ0v) is 14.5. The van der Waals surface area contributed by atoms with Crippen molar-refractivity contribution in [2.24, 2.45) is 17.6 Å². The molecule has 0 spiro atoms. The van der Waals surface area contributed by atoms with Crippen molar-refractivity contribution in [1.82, 2.24) is 4.98 Å². The molecule has 1 rings (SSSR count). The van der Waals surface area contributed by atoms with Gasteiger partial charge in [0.2, 0.25) is 0 Å². The van der Waals surface area contributed by atoms with Crippen molar-refractivity contribution in [3.05, 3.63) is 24.0 Å². The lowest BCUT2D eigenvalue weighted by atomic mass is 10.1. The highest BCUT2D eigenvalue weighted by molar-refractivity contribution is 5.44. The number of hydrogen-bond donors (Lipinski definition) is 1. The molecule has 1 atom stereocenters. The average molecular weight is 291 g/mol. The van der Waals surface area contributed by atoms with Crippen molar-refractivity contribution in [1.29, 1.82) is 0 Å². The SMILES string of the molecule is CC[C@@H](N)c1ccc(N(CCC(C)C)CCC(C)C)cn1. The average Bonchev–Trinajstić information content (AvgIpc) is 2.46. The van der Waals surface area contributed by atoms with Gasteiger partial charge in [-0.25, -0.2) is 0 Å². The third kappa shape index (κ3) is 6.47. The van der Waals surface area contributed by atoms with E-state index >= 15 is 0 Å². The lowest BCUT2D eigenvalue weighted by Gasteiger charge is -2.26. The highest BCUT2D eigenvalue weighted by Gasteiger charge is 2.11. The summed E-state index contributed by atoms with van der Waals surface area (Å²) in [7, 11) is 0. The minimum atomic E-state index is 0.0545. The van der Waals surface area contributed by atoms with Crippen LogP contribution in [0.1, 0.15) is 65.6 Å². The van der Waals surface area contributed by atoms with Gasteiger partial charge in [-0.15, -0.1) is 0 Å². The topological polar surface area (TPSA) is 42.1 Å². The number of hydrogen-bond acceptors (Lipinski definition) is 3. The third-order valence-electron chi connectivity index (χ3n) is 3.91. The van der Waals surface area contributed by atoms with Crippen molar-refractivity contribution in [2.45, 2.75) is 59.9 Å². The normalized spacial score (nSPS) is 13.0. The number of anilines is 1. The van der Waals surface area contributed by atoms with Gasteiger partial charge >= 0.3 is 0 Å². The Hall–Kier alpha value is -1.09. The van der Waals surface area contributed by atoms with E-state index in [1.807, 2.05) is 6.20 Å². The molecule has 1 heterocycles. The quantitative estimate of drug-likeness (QED) is 0.733. The highest BCUT2D eigenvalue weighted by atomic mass is 15.1. The molecule has 1 aromatic heterocycles. The summed E-state index contributed by atoms with van der Waals surface area (Å²) in [6.45, 7) is 13.4. The molecule has 0 aliphatic rings. The Morgan fingerprint density at radius 3 is 2.00 bits per heavy atom. The first-order valence-corrected chi connectivity index (χ1v) is 8.40. The predicted molar refractivity (Wildman–Crippen MR) is 92.6 cm³/mol. The largest absolute Gasteiger partial charge is 0.370 e. The molecule has 3 nitrogen and oxygen atoms in total. The van der Waals surface area contributed by atoms with Gasteiger partial charge in [-0.05, 0) is 43.2 Å². The fourth-order valence-corrected chi connectivity index (χ4v) is 2.21. The van der Waals surface area contributed by atoms with Crippen LogP contribution in [-0.4, -0.2) is 18.1 Å². The Labute approximate surface area is 130 Å². The van der Waals surface area contributed by atoms with Gasteiger partial charge in [-0.2, -0.15) is 0 Å². The van der Waals surface area contributed by atoms with E-state index in [4.69, 9.17) is 5.73 Å². The minimum Gasteiger partial charge on any atom is -0.370 e. The van der Waals surface area contributed by atoms with Crippen LogP contribution in [0.15, 0.2) is 18.3 Å². The molecule has 0 aliphatic heterocycles. The summed E-state index contributed by atoms with van der Waals surface area (Å²) in [6.07, 6.45) is 5.35. The zero-order valence-electron chi connectivity index (χ0n) is 14.5. The second-order valence-corrected chi connectivity index (χ2v) is 6.81. The number of pyridine rings is 1. The van der Waals surface area contributed by atoms with Crippen molar-refractivity contribution in [3.63, 3.8) is 0 Å². The van der Waals surface area contributed by atoms with Gasteiger partial charge in [0.25, 0.3) is 0 Å². The van der Waals surface area contributed by atoms with E-state index in [-0.39, 0.29) is 6.04 Å². The monoisotopic (exact) mass is 291 g/mol. The number of rotatable bonds is 9. The van der Waals surface area contributed by atoms with Gasteiger partial charge in [-0.3, -0.25) is 4.98 Å². The summed E-state index contributed by atoms with van der Waals surface area (Å²) in [5, 5.41) is 0. The van der Waals surface area contributed by atoms with Gasteiger partial charge in [-0.1, -0.05) is 34.6 Å². The Morgan fingerprint density at radius 1 is 1.05 bits per heavy atom. The second kappa shape index (κ2) is 9.04. The fraction of sp³-hybridized carbons (Fsp3) is 0.722. The van der Waals surface area contributed by atoms with Crippen LogP contribution >= 0.6 is 0 Å². The first kappa shape index (κ1) is 18.0. The van der Waals surface area contributed by atoms with Crippen molar-refractivity contribution in [2.75, 3.05) is 18.0 Å². The Bertz CT molecular complexity index is 372. The zero-order chi connectivity index (χ0) is 15.8. The summed E-state index contributed by atoms with van der Waals surface area (Å²) in [4.78, 5) is 7.02. The molecule has 3 heteroatoms. The molecular formula is C18H33N3. The van der Waals surface area contributed by atoms with Gasteiger partial charge in [0, 0.05) is 19.1 Å². The molecule has 21 heavy (non-hydrogen) atoms. The Kier molecular flexibility index (Phi) is 7.73. The minimum absolute atomic E-state index is 0.0545. The lowest BCUT2D eigenvalue weighted by Crippen LogP contribution is -2.27. The fourth-order valence-electron chi connectivity index (χ4n) is 2.21. The molecule has 1 aromatic rings. The molecule has 2 N–H and O–H groups in total. The summed E-state index contributed by atoms with van der Waals surface area (Å²) in [6, 6.07) is 4.32. The maximum absolute atomic E-state index is 6.04. The van der Waals surface area contributed by atoms with Crippen LogP contribution in [-0.2, 0) is 0 Å². The van der Waals surface area contributed by atoms with E-state index in [1.165, 1.54) is 18.5 Å². The first-order valence-electron chi connectivity index (χ1n) is 8.40. The van der Waals surface area contributed by atoms with Crippen LogP contribution in [0.25, 0.3) is 0 Å². The molecular weight excluding hydrogens is 258 g/mol. The van der Waals surface area contributed by atoms with Crippen LogP contribution in [0.4, 0.5) is 5.69 Å². The van der Waals surface area contributed by atoms with E-state index in [2.05, 4.69) is 56.6 Å². The second-order valence-electron chi connectivity index (χ2n) is 6.81. The van der Waals surface area contributed by atoms with E-state index in [0.717, 1.165) is 37.0 Å². The molecule has 120 valence electrons. The maximum atomic E-state index is 6.04. The molecule has 0 aliphatic carbocycles. The van der Waals surface area contributed by atoms with Crippen molar-refractivity contribution >= 4 is 5.69 Å². The molecule has 0 radical (unpaired) electrons. The summed E-state index contributed by atoms with van der Waals surface area (Å²) < 4.78 is 0. The lowest BCUT2D eigenvalue weighted by molar-refractivity contribution is 0.535. The van der Waals surface area contributed by atoms with E-state index in [0.29, 0.717) is 0 Å². The number of aromatic nitrogens is 1. The molecule has 0 aromatic carbocycles. The van der Waals surface area contributed by atoms with Crippen LogP contribution in [0.3, 0.4) is 0 Å². The third-order valence-corrected chi connectivity index (χ3v) is 3.91. The van der Waals surface area contributed by atoms with Crippen molar-refractivity contribution in [3.8, 4) is 0 Å². The van der Waals surface area contributed by atoms with Crippen LogP contribution in [0.5, 0.6) is 0 Å². The van der Waals surface area contributed by atoms with Crippen LogP contribution in [0.2, 0.25) is 0 Å². The van der Waals surface area contributed by atoms with Gasteiger partial charge in [0.15, 0.2) is 0 Å². The molecule has 0 unspecified atom stereocenters. The van der Waals surface area contributed by atoms with Gasteiger partial charge < -0.3 is 10.6 Å². The summed E-state index contributed by atoms with van der Waals surface area (Å²) in [5.74, 6) is 1.46. The maximum Gasteiger partial charge on any atom is 0.0572 e.